The van der Waals surface area contributed by atoms with Gasteiger partial charge in [-0.25, -0.2) is 0 Å². The normalized spacial score (nSPS) is 11.0. The van der Waals surface area contributed by atoms with E-state index >= 15 is 0 Å². The van der Waals surface area contributed by atoms with E-state index in [4.69, 9.17) is 4.74 Å². The lowest BCUT2D eigenvalue weighted by molar-refractivity contribution is -0.385. The fourth-order valence-corrected chi connectivity index (χ4v) is 2.74. The van der Waals surface area contributed by atoms with Crippen molar-refractivity contribution in [3.63, 3.8) is 0 Å². The predicted molar refractivity (Wildman–Crippen MR) is 83.6 cm³/mol. The van der Waals surface area contributed by atoms with Crippen LogP contribution >= 0.6 is 0 Å². The number of carbonyl (C=O) groups is 1. The Balaban J connectivity index is 2.49. The quantitative estimate of drug-likeness (QED) is 0.545. The minimum Gasteiger partial charge on any atom is -0.487 e. The maximum absolute atomic E-state index is 12.0. The molecule has 0 atom stereocenters. The summed E-state index contributed by atoms with van der Waals surface area (Å²) in [6.45, 7) is 3.54. The molecular formula is C16H14N2O4. The molecule has 0 spiro atoms. The standard InChI is InChI=1S/C16H14N2O4/c1-3-22-16-9-14-12(8-15(16)18(20)21)11-6-4-5-7-13(11)17(14)10(2)19/h4-9H,3H2,1-2H3. The molecule has 0 aliphatic rings. The molecule has 112 valence electrons. The predicted octanol–water partition coefficient (Wildman–Crippen LogP) is 3.76. The summed E-state index contributed by atoms with van der Waals surface area (Å²) in [6, 6.07) is 10.4. The molecule has 22 heavy (non-hydrogen) atoms. The highest BCUT2D eigenvalue weighted by Gasteiger charge is 2.21. The third kappa shape index (κ3) is 2.00. The monoisotopic (exact) mass is 298 g/mol. The van der Waals surface area contributed by atoms with Gasteiger partial charge in [-0.2, -0.15) is 0 Å². The summed E-state index contributed by atoms with van der Waals surface area (Å²) < 4.78 is 6.92. The molecule has 0 fully saturated rings. The molecule has 6 heteroatoms. The van der Waals surface area contributed by atoms with Crippen LogP contribution in [0.2, 0.25) is 0 Å². The van der Waals surface area contributed by atoms with Crippen LogP contribution in [0.15, 0.2) is 36.4 Å². The van der Waals surface area contributed by atoms with Crippen LogP contribution in [-0.2, 0) is 0 Å². The van der Waals surface area contributed by atoms with Gasteiger partial charge in [-0.3, -0.25) is 19.5 Å². The molecule has 0 saturated carbocycles. The number of nitro benzene ring substituents is 1. The van der Waals surface area contributed by atoms with Gasteiger partial charge in [0.15, 0.2) is 5.75 Å². The summed E-state index contributed by atoms with van der Waals surface area (Å²) in [5.41, 5.74) is 1.25. The van der Waals surface area contributed by atoms with E-state index in [9.17, 15) is 14.9 Å². The lowest BCUT2D eigenvalue weighted by Crippen LogP contribution is -2.05. The third-order valence-electron chi connectivity index (χ3n) is 3.56. The van der Waals surface area contributed by atoms with E-state index < -0.39 is 4.92 Å². The third-order valence-corrected chi connectivity index (χ3v) is 3.56. The Labute approximate surface area is 126 Å². The van der Waals surface area contributed by atoms with Gasteiger partial charge >= 0.3 is 5.69 Å². The summed E-state index contributed by atoms with van der Waals surface area (Å²) in [5, 5.41) is 12.7. The Hall–Kier alpha value is -2.89. The summed E-state index contributed by atoms with van der Waals surface area (Å²) in [5.74, 6) is 0.0211. The first-order valence-electron chi connectivity index (χ1n) is 6.90. The number of ether oxygens (including phenoxy) is 1. The Morgan fingerprint density at radius 1 is 1.23 bits per heavy atom. The van der Waals surface area contributed by atoms with Gasteiger partial charge in [0.2, 0.25) is 5.91 Å². The van der Waals surface area contributed by atoms with Crippen molar-refractivity contribution < 1.29 is 14.5 Å². The molecule has 0 N–H and O–H groups in total. The second kappa shape index (κ2) is 5.14. The first-order chi connectivity index (χ1) is 10.5. The average molecular weight is 298 g/mol. The van der Waals surface area contributed by atoms with Crippen LogP contribution in [0.25, 0.3) is 21.8 Å². The molecule has 0 amide bonds. The van der Waals surface area contributed by atoms with Crippen molar-refractivity contribution >= 4 is 33.4 Å². The van der Waals surface area contributed by atoms with Crippen molar-refractivity contribution in [3.8, 4) is 5.75 Å². The maximum Gasteiger partial charge on any atom is 0.311 e. The van der Waals surface area contributed by atoms with Gasteiger partial charge in [0.05, 0.1) is 22.6 Å². The van der Waals surface area contributed by atoms with E-state index in [1.54, 1.807) is 17.6 Å². The number of aromatic nitrogens is 1. The number of hydrogen-bond donors (Lipinski definition) is 0. The lowest BCUT2D eigenvalue weighted by Gasteiger charge is -2.06. The first kappa shape index (κ1) is 14.1. The minimum absolute atomic E-state index is 0.0965. The van der Waals surface area contributed by atoms with Gasteiger partial charge in [-0.05, 0) is 13.0 Å². The Kier molecular flexibility index (Phi) is 3.29. The fourth-order valence-electron chi connectivity index (χ4n) is 2.74. The highest BCUT2D eigenvalue weighted by Crippen LogP contribution is 2.37. The van der Waals surface area contributed by atoms with E-state index in [1.165, 1.54) is 13.0 Å². The van der Waals surface area contributed by atoms with E-state index in [-0.39, 0.29) is 17.3 Å². The second-order valence-corrected chi connectivity index (χ2v) is 4.90. The first-order valence-corrected chi connectivity index (χ1v) is 6.90. The number of fused-ring (bicyclic) bond motifs is 3. The number of nitro groups is 1. The highest BCUT2D eigenvalue weighted by molar-refractivity contribution is 6.14. The molecule has 0 bridgehead atoms. The van der Waals surface area contributed by atoms with Crippen molar-refractivity contribution in [1.29, 1.82) is 0 Å². The second-order valence-electron chi connectivity index (χ2n) is 4.90. The topological polar surface area (TPSA) is 74.4 Å². The van der Waals surface area contributed by atoms with Gasteiger partial charge < -0.3 is 4.74 Å². The van der Waals surface area contributed by atoms with Crippen molar-refractivity contribution in [1.82, 2.24) is 4.57 Å². The summed E-state index contributed by atoms with van der Waals surface area (Å²) in [7, 11) is 0. The zero-order chi connectivity index (χ0) is 15.9. The Morgan fingerprint density at radius 3 is 2.59 bits per heavy atom. The maximum atomic E-state index is 12.0. The number of rotatable bonds is 3. The molecule has 3 rings (SSSR count). The van der Waals surface area contributed by atoms with E-state index in [0.717, 1.165) is 10.9 Å². The molecule has 1 aromatic heterocycles. The van der Waals surface area contributed by atoms with Gasteiger partial charge in [-0.15, -0.1) is 0 Å². The van der Waals surface area contributed by atoms with Crippen LogP contribution in [0.4, 0.5) is 5.69 Å². The van der Waals surface area contributed by atoms with Crippen molar-refractivity contribution in [2.45, 2.75) is 13.8 Å². The average Bonchev–Trinajstić information content (AvgIpc) is 2.80. The van der Waals surface area contributed by atoms with Crippen LogP contribution in [0.1, 0.15) is 18.6 Å². The number of benzene rings is 2. The van der Waals surface area contributed by atoms with Gasteiger partial charge in [0.25, 0.3) is 0 Å². The summed E-state index contributed by atoms with van der Waals surface area (Å²) >= 11 is 0. The van der Waals surface area contributed by atoms with Gasteiger partial charge in [0.1, 0.15) is 0 Å². The van der Waals surface area contributed by atoms with Crippen LogP contribution in [-0.4, -0.2) is 22.0 Å². The van der Waals surface area contributed by atoms with E-state index in [0.29, 0.717) is 17.5 Å². The number of para-hydroxylation sites is 1. The van der Waals surface area contributed by atoms with Crippen LogP contribution in [0.5, 0.6) is 5.75 Å². The Morgan fingerprint density at radius 2 is 1.95 bits per heavy atom. The molecule has 0 aliphatic heterocycles. The molecule has 2 aromatic carbocycles. The highest BCUT2D eigenvalue weighted by atomic mass is 16.6. The van der Waals surface area contributed by atoms with E-state index in [1.807, 2.05) is 24.3 Å². The van der Waals surface area contributed by atoms with Crippen LogP contribution < -0.4 is 4.74 Å². The molecule has 3 aromatic rings. The molecule has 1 heterocycles. The zero-order valence-corrected chi connectivity index (χ0v) is 12.2. The van der Waals surface area contributed by atoms with Crippen LogP contribution in [0, 0.1) is 10.1 Å². The van der Waals surface area contributed by atoms with Crippen molar-refractivity contribution in [2.75, 3.05) is 6.61 Å². The lowest BCUT2D eigenvalue weighted by atomic mass is 10.1. The van der Waals surface area contributed by atoms with Crippen molar-refractivity contribution in [3.05, 3.63) is 46.5 Å². The van der Waals surface area contributed by atoms with E-state index in [2.05, 4.69) is 0 Å². The Bertz CT molecular complexity index is 911. The number of hydrogen-bond acceptors (Lipinski definition) is 4. The molecular weight excluding hydrogens is 284 g/mol. The molecule has 0 aliphatic carbocycles. The van der Waals surface area contributed by atoms with Gasteiger partial charge in [0, 0.05) is 29.8 Å². The summed E-state index contributed by atoms with van der Waals surface area (Å²) in [4.78, 5) is 22.8. The molecule has 6 nitrogen and oxygen atoms in total. The smallest absolute Gasteiger partial charge is 0.311 e. The number of carbonyl (C=O) groups excluding carboxylic acids is 1. The molecule has 0 saturated heterocycles. The number of nitrogens with zero attached hydrogens (tertiary/aromatic N) is 2. The van der Waals surface area contributed by atoms with Crippen molar-refractivity contribution in [2.24, 2.45) is 0 Å². The zero-order valence-electron chi connectivity index (χ0n) is 12.2. The SMILES string of the molecule is CCOc1cc2c(cc1[N+](=O)[O-])c1ccccc1n2C(C)=O. The van der Waals surface area contributed by atoms with Crippen LogP contribution in [0.3, 0.4) is 0 Å². The summed E-state index contributed by atoms with van der Waals surface area (Å²) in [6.07, 6.45) is 0. The minimum atomic E-state index is -0.468. The molecule has 0 radical (unpaired) electrons. The van der Waals surface area contributed by atoms with Gasteiger partial charge in [-0.1, -0.05) is 18.2 Å². The largest absolute Gasteiger partial charge is 0.487 e. The molecule has 0 unspecified atom stereocenters. The fraction of sp³-hybridized carbons (Fsp3) is 0.188.